The van der Waals surface area contributed by atoms with Crippen LogP contribution in [-0.4, -0.2) is 49.4 Å². The van der Waals surface area contributed by atoms with E-state index in [9.17, 15) is 13.2 Å². The van der Waals surface area contributed by atoms with E-state index in [2.05, 4.69) is 5.32 Å². The van der Waals surface area contributed by atoms with Crippen LogP contribution in [0, 0.1) is 6.92 Å². The smallest absolute Gasteiger partial charge is 0.242 e. The number of aryl methyl sites for hydroxylation is 1. The molecule has 3 rings (SSSR count). The molecular formula is C19H27ClN2O3S. The lowest BCUT2D eigenvalue weighted by Crippen LogP contribution is -2.50. The fraction of sp³-hybridized carbons (Fsp3) is 0.632. The van der Waals surface area contributed by atoms with Crippen molar-refractivity contribution >= 4 is 33.0 Å². The topological polar surface area (TPSA) is 66.5 Å². The Morgan fingerprint density at radius 2 is 1.92 bits per heavy atom. The summed E-state index contributed by atoms with van der Waals surface area (Å²) < 4.78 is 23.9. The predicted molar refractivity (Wildman–Crippen MR) is 105 cm³/mol. The summed E-state index contributed by atoms with van der Waals surface area (Å²) in [6.45, 7) is 2.09. The summed E-state index contributed by atoms with van der Waals surface area (Å²) >= 11 is 6.15. The molecule has 7 heteroatoms. The van der Waals surface area contributed by atoms with Crippen LogP contribution in [0.15, 0.2) is 18.2 Å². The molecule has 1 aliphatic heterocycles. The van der Waals surface area contributed by atoms with Gasteiger partial charge in [0.25, 0.3) is 0 Å². The Morgan fingerprint density at radius 1 is 1.19 bits per heavy atom. The molecule has 0 spiro atoms. The lowest BCUT2D eigenvalue weighted by Gasteiger charge is -2.38. The van der Waals surface area contributed by atoms with E-state index in [0.717, 1.165) is 36.9 Å². The minimum absolute atomic E-state index is 0.0179. The molecule has 1 amide bonds. The number of rotatable bonds is 5. The molecule has 1 aromatic carbocycles. The van der Waals surface area contributed by atoms with Crippen molar-refractivity contribution in [1.82, 2.24) is 4.90 Å². The number of sulfone groups is 1. The zero-order valence-corrected chi connectivity index (χ0v) is 16.8. The molecule has 1 N–H and O–H groups in total. The summed E-state index contributed by atoms with van der Waals surface area (Å²) in [7, 11) is -3.02. The maximum absolute atomic E-state index is 13.0. The zero-order chi connectivity index (χ0) is 18.7. The molecule has 0 radical (unpaired) electrons. The number of hydrogen-bond donors (Lipinski definition) is 1. The fourth-order valence-electron chi connectivity index (χ4n) is 4.03. The van der Waals surface area contributed by atoms with Crippen molar-refractivity contribution in [2.75, 3.05) is 23.4 Å². The van der Waals surface area contributed by atoms with Crippen LogP contribution in [0.3, 0.4) is 0 Å². The van der Waals surface area contributed by atoms with Crippen LogP contribution in [0.25, 0.3) is 0 Å². The van der Waals surface area contributed by atoms with Crippen LogP contribution in [0.5, 0.6) is 0 Å². The maximum Gasteiger partial charge on any atom is 0.242 e. The second-order valence-electron chi connectivity index (χ2n) is 7.47. The van der Waals surface area contributed by atoms with Gasteiger partial charge in [0.15, 0.2) is 9.84 Å². The lowest BCUT2D eigenvalue weighted by molar-refractivity contribution is -0.134. The molecule has 1 saturated carbocycles. The van der Waals surface area contributed by atoms with Gasteiger partial charge in [-0.05, 0) is 43.9 Å². The Balaban J connectivity index is 1.70. The Kier molecular flexibility index (Phi) is 6.13. The number of halogens is 1. The van der Waals surface area contributed by atoms with Gasteiger partial charge in [-0.1, -0.05) is 36.9 Å². The zero-order valence-electron chi connectivity index (χ0n) is 15.2. The quantitative estimate of drug-likeness (QED) is 0.825. The highest BCUT2D eigenvalue weighted by Gasteiger charge is 2.38. The molecule has 1 unspecified atom stereocenters. The molecule has 5 nitrogen and oxygen atoms in total. The molecule has 2 fully saturated rings. The maximum atomic E-state index is 13.0. The van der Waals surface area contributed by atoms with Gasteiger partial charge >= 0.3 is 0 Å². The van der Waals surface area contributed by atoms with Crippen molar-refractivity contribution in [3.05, 3.63) is 28.8 Å². The second kappa shape index (κ2) is 8.17. The summed E-state index contributed by atoms with van der Waals surface area (Å²) in [5.41, 5.74) is 1.79. The van der Waals surface area contributed by atoms with E-state index in [0.29, 0.717) is 11.4 Å². The first-order valence-corrected chi connectivity index (χ1v) is 11.6. The predicted octanol–water partition coefficient (Wildman–Crippen LogP) is 3.41. The average molecular weight is 399 g/mol. The number of benzene rings is 1. The minimum Gasteiger partial charge on any atom is -0.376 e. The Morgan fingerprint density at radius 3 is 2.54 bits per heavy atom. The largest absolute Gasteiger partial charge is 0.376 e. The standard InChI is InChI=1S/C19H27ClN2O3S/c1-14-7-8-15(11-18(14)20)21-12-19(23)22(16-5-3-2-4-6-16)17-9-10-26(24,25)13-17/h7-8,11,16-17,21H,2-6,9-10,12-13H2,1H3. The SMILES string of the molecule is Cc1ccc(NCC(=O)N(C2CCCCC2)C2CCS(=O)(=O)C2)cc1Cl. The van der Waals surface area contributed by atoms with Gasteiger partial charge in [-0.2, -0.15) is 0 Å². The van der Waals surface area contributed by atoms with Crippen molar-refractivity contribution in [3.8, 4) is 0 Å². The summed E-state index contributed by atoms with van der Waals surface area (Å²) in [5.74, 6) is 0.275. The lowest BCUT2D eigenvalue weighted by atomic mass is 9.93. The van der Waals surface area contributed by atoms with E-state index < -0.39 is 9.84 Å². The Labute approximate surface area is 161 Å². The van der Waals surface area contributed by atoms with E-state index in [1.807, 2.05) is 30.0 Å². The van der Waals surface area contributed by atoms with E-state index in [1.54, 1.807) is 0 Å². The summed E-state index contributed by atoms with van der Waals surface area (Å²) in [6, 6.07) is 5.61. The van der Waals surface area contributed by atoms with Crippen LogP contribution >= 0.6 is 11.6 Å². The molecule has 1 saturated heterocycles. The number of nitrogens with zero attached hydrogens (tertiary/aromatic N) is 1. The van der Waals surface area contributed by atoms with Gasteiger partial charge in [-0.3, -0.25) is 4.79 Å². The van der Waals surface area contributed by atoms with Gasteiger partial charge in [0.1, 0.15) is 0 Å². The van der Waals surface area contributed by atoms with Gasteiger partial charge in [-0.15, -0.1) is 0 Å². The second-order valence-corrected chi connectivity index (χ2v) is 10.1. The van der Waals surface area contributed by atoms with Crippen LogP contribution < -0.4 is 5.32 Å². The van der Waals surface area contributed by atoms with Crippen LogP contribution in [0.4, 0.5) is 5.69 Å². The average Bonchev–Trinajstić information content (AvgIpc) is 2.96. The number of amides is 1. The highest BCUT2D eigenvalue weighted by Crippen LogP contribution is 2.28. The molecular weight excluding hydrogens is 372 g/mol. The normalized spacial score (nSPS) is 22.9. The number of nitrogens with one attached hydrogen (secondary N) is 1. The molecule has 1 atom stereocenters. The monoisotopic (exact) mass is 398 g/mol. The van der Waals surface area contributed by atoms with E-state index in [1.165, 1.54) is 6.42 Å². The van der Waals surface area contributed by atoms with Crippen LogP contribution in [0.1, 0.15) is 44.1 Å². The first kappa shape index (κ1) is 19.5. The fourth-order valence-corrected chi connectivity index (χ4v) is 5.92. The highest BCUT2D eigenvalue weighted by atomic mass is 35.5. The van der Waals surface area contributed by atoms with Gasteiger partial charge in [0.2, 0.25) is 5.91 Å². The number of carbonyl (C=O) groups excluding carboxylic acids is 1. The number of anilines is 1. The minimum atomic E-state index is -3.02. The van der Waals surface area contributed by atoms with Gasteiger partial charge in [-0.25, -0.2) is 8.42 Å². The Hall–Kier alpha value is -1.27. The summed E-state index contributed by atoms with van der Waals surface area (Å²) in [5, 5.41) is 3.81. The first-order chi connectivity index (χ1) is 12.4. The van der Waals surface area contributed by atoms with Gasteiger partial charge in [0, 0.05) is 22.8 Å². The van der Waals surface area contributed by atoms with Crippen LogP contribution in [0.2, 0.25) is 5.02 Å². The third-order valence-corrected chi connectivity index (χ3v) is 7.63. The molecule has 144 valence electrons. The molecule has 0 aromatic heterocycles. The van der Waals surface area contributed by atoms with Gasteiger partial charge in [0.05, 0.1) is 18.1 Å². The van der Waals surface area contributed by atoms with Crippen molar-refractivity contribution in [2.45, 2.75) is 57.5 Å². The third kappa shape index (κ3) is 4.71. The third-order valence-electron chi connectivity index (χ3n) is 5.47. The van der Waals surface area contributed by atoms with E-state index >= 15 is 0 Å². The van der Waals surface area contributed by atoms with Crippen molar-refractivity contribution < 1.29 is 13.2 Å². The van der Waals surface area contributed by atoms with Gasteiger partial charge < -0.3 is 10.2 Å². The van der Waals surface area contributed by atoms with E-state index in [4.69, 9.17) is 11.6 Å². The van der Waals surface area contributed by atoms with E-state index in [-0.39, 0.29) is 36.0 Å². The van der Waals surface area contributed by atoms with Crippen molar-refractivity contribution in [2.24, 2.45) is 0 Å². The molecule has 1 aromatic rings. The molecule has 1 heterocycles. The molecule has 1 aliphatic carbocycles. The first-order valence-electron chi connectivity index (χ1n) is 9.37. The summed E-state index contributed by atoms with van der Waals surface area (Å²) in [4.78, 5) is 14.9. The number of hydrogen-bond acceptors (Lipinski definition) is 4. The highest BCUT2D eigenvalue weighted by molar-refractivity contribution is 7.91. The summed E-state index contributed by atoms with van der Waals surface area (Å²) in [6.07, 6.45) is 5.91. The van der Waals surface area contributed by atoms with Crippen LogP contribution in [-0.2, 0) is 14.6 Å². The molecule has 2 aliphatic rings. The van der Waals surface area contributed by atoms with Crippen molar-refractivity contribution in [1.29, 1.82) is 0 Å². The Bertz CT molecular complexity index is 760. The van der Waals surface area contributed by atoms with Crippen molar-refractivity contribution in [3.63, 3.8) is 0 Å². The molecule has 26 heavy (non-hydrogen) atoms. The molecule has 0 bridgehead atoms. The number of carbonyl (C=O) groups is 1.